The molecular weight excluding hydrogens is 334 g/mol. The van der Waals surface area contributed by atoms with E-state index in [9.17, 15) is 0 Å². The lowest BCUT2D eigenvalue weighted by molar-refractivity contribution is 0.174. The lowest BCUT2D eigenvalue weighted by Gasteiger charge is -2.21. The Morgan fingerprint density at radius 2 is 1.96 bits per heavy atom. The third-order valence-corrected chi connectivity index (χ3v) is 4.61. The highest BCUT2D eigenvalue weighted by Crippen LogP contribution is 2.38. The fourth-order valence-corrected chi connectivity index (χ4v) is 2.96. The standard InChI is InChI=1S/C18H15N5O3/c1-18(2,12-3-4-13-14(8-12)25-10-24-13)17-21-16(26-22-17)11-5-6-23-15(7-11)19-9-20-23/h3-9H,10H2,1-2H3. The number of ether oxygens (including phenoxy) is 2. The first-order valence-electron chi connectivity index (χ1n) is 8.15. The average molecular weight is 349 g/mol. The highest BCUT2D eigenvalue weighted by Gasteiger charge is 2.31. The molecule has 0 aliphatic carbocycles. The van der Waals surface area contributed by atoms with Crippen molar-refractivity contribution in [2.45, 2.75) is 19.3 Å². The summed E-state index contributed by atoms with van der Waals surface area (Å²) in [6.45, 7) is 4.33. The molecule has 0 spiro atoms. The number of nitrogens with zero attached hydrogens (tertiary/aromatic N) is 5. The van der Waals surface area contributed by atoms with Gasteiger partial charge in [-0.3, -0.25) is 0 Å². The second-order valence-corrected chi connectivity index (χ2v) is 6.59. The van der Waals surface area contributed by atoms with E-state index in [1.165, 1.54) is 6.33 Å². The Bertz CT molecular complexity index is 1110. The summed E-state index contributed by atoms with van der Waals surface area (Å²) in [6.07, 6.45) is 3.31. The Kier molecular flexibility index (Phi) is 3.03. The number of hydrogen-bond acceptors (Lipinski definition) is 7. The van der Waals surface area contributed by atoms with E-state index in [4.69, 9.17) is 14.0 Å². The van der Waals surface area contributed by atoms with Gasteiger partial charge in [0.2, 0.25) is 6.79 Å². The second kappa shape index (κ2) is 5.29. The van der Waals surface area contributed by atoms with Gasteiger partial charge in [-0.05, 0) is 43.7 Å². The molecule has 5 rings (SSSR count). The predicted octanol–water partition coefficient (Wildman–Crippen LogP) is 2.83. The van der Waals surface area contributed by atoms with Crippen molar-refractivity contribution in [3.63, 3.8) is 0 Å². The van der Waals surface area contributed by atoms with Crippen LogP contribution in [0.5, 0.6) is 11.5 Å². The van der Waals surface area contributed by atoms with Crippen LogP contribution < -0.4 is 9.47 Å². The zero-order valence-corrected chi connectivity index (χ0v) is 14.2. The molecule has 130 valence electrons. The van der Waals surface area contributed by atoms with Crippen molar-refractivity contribution >= 4 is 5.65 Å². The van der Waals surface area contributed by atoms with Crippen LogP contribution in [0.15, 0.2) is 47.4 Å². The fraction of sp³-hybridized carbons (Fsp3) is 0.222. The second-order valence-electron chi connectivity index (χ2n) is 6.59. The van der Waals surface area contributed by atoms with Crippen LogP contribution in [0.25, 0.3) is 17.1 Å². The Labute approximate surface area is 148 Å². The highest BCUT2D eigenvalue weighted by atomic mass is 16.7. The highest BCUT2D eigenvalue weighted by molar-refractivity contribution is 5.59. The molecule has 26 heavy (non-hydrogen) atoms. The normalized spacial score (nSPS) is 13.5. The molecule has 4 heterocycles. The number of pyridine rings is 1. The topological polar surface area (TPSA) is 87.6 Å². The maximum atomic E-state index is 5.50. The Hall–Kier alpha value is -3.42. The summed E-state index contributed by atoms with van der Waals surface area (Å²) in [7, 11) is 0. The summed E-state index contributed by atoms with van der Waals surface area (Å²) in [5, 5.41) is 8.28. The SMILES string of the molecule is CC(C)(c1ccc2c(c1)OCO2)c1noc(-c2ccn3ncnc3c2)n1. The van der Waals surface area contributed by atoms with E-state index >= 15 is 0 Å². The molecule has 0 atom stereocenters. The predicted molar refractivity (Wildman–Crippen MR) is 91.0 cm³/mol. The quantitative estimate of drug-likeness (QED) is 0.562. The molecular formula is C18H15N5O3. The first kappa shape index (κ1) is 14.9. The summed E-state index contributed by atoms with van der Waals surface area (Å²) < 4.78 is 18.0. The van der Waals surface area contributed by atoms with Crippen LogP contribution in [0.2, 0.25) is 0 Å². The Morgan fingerprint density at radius 3 is 2.88 bits per heavy atom. The van der Waals surface area contributed by atoms with Gasteiger partial charge in [-0.15, -0.1) is 0 Å². The molecule has 0 amide bonds. The van der Waals surface area contributed by atoms with Crippen molar-refractivity contribution in [3.8, 4) is 23.0 Å². The zero-order valence-electron chi connectivity index (χ0n) is 14.2. The first-order chi connectivity index (χ1) is 12.6. The van der Waals surface area contributed by atoms with E-state index in [0.717, 1.165) is 28.3 Å². The van der Waals surface area contributed by atoms with E-state index in [0.29, 0.717) is 11.7 Å². The number of aromatic nitrogens is 5. The molecule has 0 saturated heterocycles. The van der Waals surface area contributed by atoms with Gasteiger partial charge in [0.15, 0.2) is 23.0 Å². The molecule has 8 nitrogen and oxygen atoms in total. The van der Waals surface area contributed by atoms with Crippen LogP contribution in [0.3, 0.4) is 0 Å². The molecule has 0 saturated carbocycles. The van der Waals surface area contributed by atoms with Crippen LogP contribution >= 0.6 is 0 Å². The van der Waals surface area contributed by atoms with Gasteiger partial charge in [-0.2, -0.15) is 10.1 Å². The molecule has 0 fully saturated rings. The molecule has 8 heteroatoms. The van der Waals surface area contributed by atoms with Gasteiger partial charge >= 0.3 is 0 Å². The molecule has 0 unspecified atom stereocenters. The van der Waals surface area contributed by atoms with Gasteiger partial charge in [0.25, 0.3) is 5.89 Å². The van der Waals surface area contributed by atoms with Crippen molar-refractivity contribution in [2.24, 2.45) is 0 Å². The molecule has 1 aliphatic rings. The van der Waals surface area contributed by atoms with Crippen LogP contribution in [-0.2, 0) is 5.41 Å². The number of hydrogen-bond donors (Lipinski definition) is 0. The van der Waals surface area contributed by atoms with E-state index < -0.39 is 5.41 Å². The first-order valence-corrected chi connectivity index (χ1v) is 8.15. The Morgan fingerprint density at radius 1 is 1.08 bits per heavy atom. The van der Waals surface area contributed by atoms with Crippen molar-refractivity contribution < 1.29 is 14.0 Å². The van der Waals surface area contributed by atoms with Gasteiger partial charge in [0.1, 0.15) is 6.33 Å². The van der Waals surface area contributed by atoms with Crippen LogP contribution in [0, 0.1) is 0 Å². The lowest BCUT2D eigenvalue weighted by atomic mass is 9.83. The largest absolute Gasteiger partial charge is 0.454 e. The summed E-state index contributed by atoms with van der Waals surface area (Å²) in [6, 6.07) is 9.58. The number of benzene rings is 1. The van der Waals surface area contributed by atoms with Gasteiger partial charge in [0, 0.05) is 11.8 Å². The van der Waals surface area contributed by atoms with E-state index in [1.54, 1.807) is 4.52 Å². The van der Waals surface area contributed by atoms with E-state index in [-0.39, 0.29) is 6.79 Å². The van der Waals surface area contributed by atoms with Crippen molar-refractivity contribution in [1.82, 2.24) is 24.7 Å². The van der Waals surface area contributed by atoms with Crippen LogP contribution in [0.1, 0.15) is 25.2 Å². The van der Waals surface area contributed by atoms with Crippen LogP contribution in [-0.4, -0.2) is 31.5 Å². The molecule has 1 aromatic carbocycles. The third-order valence-electron chi connectivity index (χ3n) is 4.61. The maximum Gasteiger partial charge on any atom is 0.258 e. The third kappa shape index (κ3) is 2.22. The molecule has 0 N–H and O–H groups in total. The lowest BCUT2D eigenvalue weighted by Crippen LogP contribution is -2.20. The summed E-state index contributed by atoms with van der Waals surface area (Å²) >= 11 is 0. The minimum atomic E-state index is -0.457. The monoisotopic (exact) mass is 349 g/mol. The van der Waals surface area contributed by atoms with Gasteiger partial charge < -0.3 is 14.0 Å². The minimum Gasteiger partial charge on any atom is -0.454 e. The molecule has 0 bridgehead atoms. The molecule has 4 aromatic rings. The molecule has 1 aliphatic heterocycles. The average Bonchev–Trinajstić information content (AvgIpc) is 3.39. The zero-order chi connectivity index (χ0) is 17.7. The van der Waals surface area contributed by atoms with Crippen molar-refractivity contribution in [2.75, 3.05) is 6.79 Å². The van der Waals surface area contributed by atoms with E-state index in [2.05, 4.69) is 20.2 Å². The number of rotatable bonds is 3. The molecule has 3 aromatic heterocycles. The summed E-state index contributed by atoms with van der Waals surface area (Å²) in [5.74, 6) is 2.52. The smallest absolute Gasteiger partial charge is 0.258 e. The Balaban J connectivity index is 1.52. The van der Waals surface area contributed by atoms with E-state index in [1.807, 2.05) is 50.4 Å². The number of fused-ring (bicyclic) bond motifs is 2. The van der Waals surface area contributed by atoms with Crippen LogP contribution in [0.4, 0.5) is 0 Å². The summed E-state index contributed by atoms with van der Waals surface area (Å²) in [5.41, 5.74) is 2.08. The minimum absolute atomic E-state index is 0.247. The summed E-state index contributed by atoms with van der Waals surface area (Å²) in [4.78, 5) is 8.78. The van der Waals surface area contributed by atoms with Crippen molar-refractivity contribution in [1.29, 1.82) is 0 Å². The van der Waals surface area contributed by atoms with Gasteiger partial charge in [-0.1, -0.05) is 11.2 Å². The van der Waals surface area contributed by atoms with Gasteiger partial charge in [0.05, 0.1) is 5.41 Å². The maximum absolute atomic E-state index is 5.50. The van der Waals surface area contributed by atoms with Crippen molar-refractivity contribution in [3.05, 3.63) is 54.2 Å². The fourth-order valence-electron chi connectivity index (χ4n) is 2.96. The molecule has 0 radical (unpaired) electrons. The van der Waals surface area contributed by atoms with Gasteiger partial charge in [-0.25, -0.2) is 9.50 Å².